The smallest absolute Gasteiger partial charge is 0.235 e. The third kappa shape index (κ3) is 2.43. The second-order valence-corrected chi connectivity index (χ2v) is 3.96. The first-order chi connectivity index (χ1) is 7.57. The Hall–Kier alpha value is -1.32. The van der Waals surface area contributed by atoms with Crippen LogP contribution in [0.2, 0.25) is 0 Å². The molecule has 1 fully saturated rings. The van der Waals surface area contributed by atoms with Crippen molar-refractivity contribution in [2.45, 2.75) is 19.0 Å². The topological polar surface area (TPSA) is 3.01 Å². The summed E-state index contributed by atoms with van der Waals surface area (Å²) >= 11 is 0. The molecule has 1 aliphatic heterocycles. The van der Waals surface area contributed by atoms with Crippen LogP contribution in [0.4, 0.5) is 13.2 Å². The van der Waals surface area contributed by atoms with Crippen molar-refractivity contribution in [1.29, 1.82) is 0 Å². The molecule has 0 N–H and O–H groups in total. The van der Waals surface area contributed by atoms with Crippen molar-refractivity contribution in [3.05, 3.63) is 35.4 Å². The number of alkyl halides is 3. The molecule has 2 rings (SSSR count). The first-order valence-corrected chi connectivity index (χ1v) is 5.32. The minimum absolute atomic E-state index is 0.261. The van der Waals surface area contributed by atoms with E-state index in [9.17, 15) is 13.2 Å². The molecule has 0 aromatic heterocycles. The Morgan fingerprint density at radius 3 is 2.31 bits per heavy atom. The lowest BCUT2D eigenvalue weighted by Crippen LogP contribution is -2.13. The van der Waals surface area contributed by atoms with E-state index in [2.05, 4.69) is 0 Å². The molecule has 0 saturated carbocycles. The third-order valence-electron chi connectivity index (χ3n) is 2.73. The van der Waals surface area contributed by atoms with E-state index < -0.39 is 11.7 Å². The van der Waals surface area contributed by atoms with E-state index >= 15 is 0 Å². The Bertz CT molecular complexity index is 399. The Balaban J connectivity index is 2.37. The summed E-state index contributed by atoms with van der Waals surface area (Å²) in [4.78, 5) is 0. The van der Waals surface area contributed by atoms with Gasteiger partial charge in [-0.05, 0) is 12.1 Å². The highest BCUT2D eigenvalue weighted by atomic mass is 19.4. The van der Waals surface area contributed by atoms with Crippen LogP contribution >= 0.6 is 0 Å². The Kier molecular flexibility index (Phi) is 2.99. The van der Waals surface area contributed by atoms with E-state index in [4.69, 9.17) is 0 Å². The van der Waals surface area contributed by atoms with Gasteiger partial charge in [-0.3, -0.25) is 0 Å². The zero-order valence-electron chi connectivity index (χ0n) is 8.80. The van der Waals surface area contributed by atoms with Crippen LogP contribution in [0.25, 0.3) is 0 Å². The van der Waals surface area contributed by atoms with Gasteiger partial charge in [-0.2, -0.15) is 13.2 Å². The molecule has 86 valence electrons. The second kappa shape index (κ2) is 4.28. The lowest BCUT2D eigenvalue weighted by molar-refractivity contribution is -0.500. The number of hydrogen-bond donors (Lipinski definition) is 0. The van der Waals surface area contributed by atoms with Crippen molar-refractivity contribution < 1.29 is 17.7 Å². The molecule has 1 aromatic carbocycles. The van der Waals surface area contributed by atoms with Gasteiger partial charge >= 0.3 is 6.18 Å². The van der Waals surface area contributed by atoms with Gasteiger partial charge in [-0.1, -0.05) is 12.1 Å². The molecule has 0 amide bonds. The van der Waals surface area contributed by atoms with Gasteiger partial charge in [0.2, 0.25) is 0 Å². The molecule has 4 heteroatoms. The van der Waals surface area contributed by atoms with Crippen LogP contribution in [0.1, 0.15) is 24.0 Å². The zero-order chi connectivity index (χ0) is 11.6. The number of nitrogens with zero attached hydrogens (tertiary/aromatic N) is 1. The van der Waals surface area contributed by atoms with Gasteiger partial charge in [-0.15, -0.1) is 0 Å². The molecule has 1 aromatic rings. The van der Waals surface area contributed by atoms with Gasteiger partial charge in [-0.25, -0.2) is 4.58 Å². The minimum Gasteiger partial charge on any atom is -0.235 e. The lowest BCUT2D eigenvalue weighted by atomic mass is 10.1. The molecule has 0 radical (unpaired) electrons. The maximum Gasteiger partial charge on any atom is 0.417 e. The van der Waals surface area contributed by atoms with E-state index in [0.717, 1.165) is 32.0 Å². The van der Waals surface area contributed by atoms with Crippen LogP contribution in [0.15, 0.2) is 24.3 Å². The van der Waals surface area contributed by atoms with Gasteiger partial charge in [0.25, 0.3) is 0 Å². The van der Waals surface area contributed by atoms with E-state index in [1.165, 1.54) is 12.1 Å². The minimum atomic E-state index is -4.27. The van der Waals surface area contributed by atoms with Gasteiger partial charge < -0.3 is 0 Å². The molecule has 0 aliphatic carbocycles. The van der Waals surface area contributed by atoms with Crippen LogP contribution in [0.3, 0.4) is 0 Å². The fraction of sp³-hybridized carbons (Fsp3) is 0.417. The molecule has 0 spiro atoms. The predicted molar refractivity (Wildman–Crippen MR) is 55.8 cm³/mol. The number of benzene rings is 1. The highest BCUT2D eigenvalue weighted by Gasteiger charge is 2.33. The molecule has 1 heterocycles. The number of halogens is 3. The molecule has 1 nitrogen and oxygen atoms in total. The third-order valence-corrected chi connectivity index (χ3v) is 2.73. The number of hydrogen-bond acceptors (Lipinski definition) is 0. The summed E-state index contributed by atoms with van der Waals surface area (Å²) < 4.78 is 40.0. The van der Waals surface area contributed by atoms with E-state index in [1.54, 1.807) is 12.3 Å². The number of rotatable bonds is 1. The Labute approximate surface area is 92.2 Å². The SMILES string of the molecule is FC(F)(F)c1ccccc1C=[N+]1CCCC1. The highest BCUT2D eigenvalue weighted by Crippen LogP contribution is 2.31. The van der Waals surface area contributed by atoms with Gasteiger partial charge in [0.15, 0.2) is 6.21 Å². The molecular formula is C12H13F3N+. The molecule has 16 heavy (non-hydrogen) atoms. The molecule has 0 atom stereocenters. The largest absolute Gasteiger partial charge is 0.417 e. The molecular weight excluding hydrogens is 215 g/mol. The first kappa shape index (κ1) is 11.2. The molecule has 1 aliphatic rings. The lowest BCUT2D eigenvalue weighted by Gasteiger charge is -2.08. The van der Waals surface area contributed by atoms with Crippen LogP contribution < -0.4 is 0 Å². The normalized spacial score (nSPS) is 16.6. The van der Waals surface area contributed by atoms with Crippen LogP contribution in [0, 0.1) is 0 Å². The summed E-state index contributed by atoms with van der Waals surface area (Å²) in [5, 5.41) is 0. The van der Waals surface area contributed by atoms with Crippen LogP contribution in [-0.2, 0) is 6.18 Å². The summed E-state index contributed by atoms with van der Waals surface area (Å²) in [6, 6.07) is 5.70. The standard InChI is InChI=1S/C12H13F3N/c13-12(14,15)11-6-2-1-5-10(11)9-16-7-3-4-8-16/h1-2,5-6,9H,3-4,7-8H2/q+1. The van der Waals surface area contributed by atoms with Gasteiger partial charge in [0.1, 0.15) is 13.1 Å². The Morgan fingerprint density at radius 2 is 1.69 bits per heavy atom. The van der Waals surface area contributed by atoms with Crippen molar-refractivity contribution in [1.82, 2.24) is 0 Å². The average molecular weight is 228 g/mol. The van der Waals surface area contributed by atoms with Crippen LogP contribution in [0.5, 0.6) is 0 Å². The zero-order valence-corrected chi connectivity index (χ0v) is 8.80. The summed E-state index contributed by atoms with van der Waals surface area (Å²) in [6.45, 7) is 1.71. The monoisotopic (exact) mass is 228 g/mol. The quantitative estimate of drug-likeness (QED) is 0.650. The fourth-order valence-corrected chi connectivity index (χ4v) is 1.94. The van der Waals surface area contributed by atoms with Gasteiger partial charge in [0.05, 0.1) is 5.56 Å². The van der Waals surface area contributed by atoms with Crippen molar-refractivity contribution in [3.8, 4) is 0 Å². The average Bonchev–Trinajstić information content (AvgIpc) is 2.70. The van der Waals surface area contributed by atoms with E-state index in [1.807, 2.05) is 4.58 Å². The fourth-order valence-electron chi connectivity index (χ4n) is 1.94. The Morgan fingerprint density at radius 1 is 1.06 bits per heavy atom. The summed E-state index contributed by atoms with van der Waals surface area (Å²) in [5.74, 6) is 0. The van der Waals surface area contributed by atoms with Crippen molar-refractivity contribution in [2.75, 3.05) is 13.1 Å². The van der Waals surface area contributed by atoms with E-state index in [-0.39, 0.29) is 5.56 Å². The molecule has 0 unspecified atom stereocenters. The summed E-state index contributed by atoms with van der Waals surface area (Å²) in [7, 11) is 0. The van der Waals surface area contributed by atoms with Crippen molar-refractivity contribution in [2.24, 2.45) is 0 Å². The van der Waals surface area contributed by atoms with E-state index in [0.29, 0.717) is 0 Å². The van der Waals surface area contributed by atoms with Crippen LogP contribution in [-0.4, -0.2) is 23.9 Å². The first-order valence-electron chi connectivity index (χ1n) is 5.32. The maximum absolute atomic E-state index is 12.7. The van der Waals surface area contributed by atoms with Crippen molar-refractivity contribution in [3.63, 3.8) is 0 Å². The van der Waals surface area contributed by atoms with Gasteiger partial charge in [0, 0.05) is 18.4 Å². The molecule has 0 bridgehead atoms. The summed E-state index contributed by atoms with van der Waals surface area (Å²) in [6.07, 6.45) is -0.530. The highest BCUT2D eigenvalue weighted by molar-refractivity contribution is 5.78. The maximum atomic E-state index is 12.7. The predicted octanol–water partition coefficient (Wildman–Crippen LogP) is 2.93. The second-order valence-electron chi connectivity index (χ2n) is 3.96. The summed E-state index contributed by atoms with van der Waals surface area (Å²) in [5.41, 5.74) is -0.293. The van der Waals surface area contributed by atoms with Crippen molar-refractivity contribution >= 4 is 6.21 Å². The molecule has 1 saturated heterocycles.